The van der Waals surface area contributed by atoms with E-state index in [1.165, 1.54) is 12.3 Å². The molecule has 164 valence electrons. The van der Waals surface area contributed by atoms with Gasteiger partial charge in [0, 0.05) is 36.9 Å². The number of nitrogens with one attached hydrogen (secondary N) is 2. The van der Waals surface area contributed by atoms with Crippen molar-refractivity contribution in [1.82, 2.24) is 15.0 Å². The molecule has 0 bridgehead atoms. The second-order valence-corrected chi connectivity index (χ2v) is 8.77. The van der Waals surface area contributed by atoms with Crippen molar-refractivity contribution >= 4 is 32.8 Å². The molecule has 0 aliphatic carbocycles. The second kappa shape index (κ2) is 8.55. The number of fused-ring (bicyclic) bond motifs is 1. The van der Waals surface area contributed by atoms with Gasteiger partial charge in [0.05, 0.1) is 6.26 Å². The van der Waals surface area contributed by atoms with Gasteiger partial charge in [-0.15, -0.1) is 0 Å². The molecule has 0 unspecified atom stereocenters. The van der Waals surface area contributed by atoms with Crippen LogP contribution in [-0.4, -0.2) is 48.9 Å². The van der Waals surface area contributed by atoms with E-state index in [1.807, 2.05) is 0 Å². The number of rotatable bonds is 6. The van der Waals surface area contributed by atoms with Crippen LogP contribution in [0.2, 0.25) is 0 Å². The molecule has 3 aromatic rings. The Morgan fingerprint density at radius 1 is 1.13 bits per heavy atom. The van der Waals surface area contributed by atoms with Gasteiger partial charge in [0.2, 0.25) is 16.0 Å². The molecule has 0 atom stereocenters. The zero-order valence-electron chi connectivity index (χ0n) is 16.4. The van der Waals surface area contributed by atoms with Crippen molar-refractivity contribution in [2.75, 3.05) is 29.5 Å². The predicted octanol–water partition coefficient (Wildman–Crippen LogP) is 3.06. The topological polar surface area (TPSA) is 115 Å². The summed E-state index contributed by atoms with van der Waals surface area (Å²) in [4.78, 5) is 12.8. The summed E-state index contributed by atoms with van der Waals surface area (Å²) in [6.07, 6.45) is 4.06. The Labute approximate surface area is 176 Å². The van der Waals surface area contributed by atoms with Gasteiger partial charge in [-0.1, -0.05) is 0 Å². The molecule has 1 aliphatic rings. The van der Waals surface area contributed by atoms with Crippen molar-refractivity contribution in [2.45, 2.75) is 18.9 Å². The van der Waals surface area contributed by atoms with Crippen molar-refractivity contribution in [1.29, 1.82) is 0 Å². The number of ether oxygens (including phenoxy) is 2. The van der Waals surface area contributed by atoms with Crippen LogP contribution < -0.4 is 14.8 Å². The van der Waals surface area contributed by atoms with Gasteiger partial charge >= 0.3 is 0 Å². The summed E-state index contributed by atoms with van der Waals surface area (Å²) >= 11 is 0. The van der Waals surface area contributed by atoms with Crippen molar-refractivity contribution in [3.8, 4) is 11.5 Å². The number of hydrogen-bond acceptors (Lipinski definition) is 8. The van der Waals surface area contributed by atoms with E-state index < -0.39 is 21.7 Å². The van der Waals surface area contributed by atoms with Crippen LogP contribution in [0.5, 0.6) is 11.5 Å². The zero-order valence-corrected chi connectivity index (χ0v) is 17.2. The van der Waals surface area contributed by atoms with Gasteiger partial charge in [0.1, 0.15) is 5.82 Å². The first-order chi connectivity index (χ1) is 14.8. The quantitative estimate of drug-likeness (QED) is 0.588. The fraction of sp³-hybridized carbons (Fsp3) is 0.316. The van der Waals surface area contributed by atoms with E-state index in [0.29, 0.717) is 30.6 Å². The third-order valence-corrected chi connectivity index (χ3v) is 5.05. The molecule has 1 aliphatic heterocycles. The molecule has 1 saturated heterocycles. The van der Waals surface area contributed by atoms with E-state index in [1.54, 1.807) is 0 Å². The smallest absolute Gasteiger partial charge is 0.231 e. The maximum absolute atomic E-state index is 14.0. The van der Waals surface area contributed by atoms with Crippen LogP contribution in [0, 0.1) is 11.6 Å². The van der Waals surface area contributed by atoms with Crippen molar-refractivity contribution < 1.29 is 26.7 Å². The molecule has 0 spiro atoms. The highest BCUT2D eigenvalue weighted by Crippen LogP contribution is 2.33. The fourth-order valence-corrected chi connectivity index (χ4v) is 3.54. The van der Waals surface area contributed by atoms with Gasteiger partial charge in [-0.2, -0.15) is 4.98 Å². The molecule has 12 heteroatoms. The third kappa shape index (κ3) is 5.33. The maximum Gasteiger partial charge on any atom is 0.231 e. The van der Waals surface area contributed by atoms with Crippen molar-refractivity contribution in [2.24, 2.45) is 0 Å². The van der Waals surface area contributed by atoms with Crippen LogP contribution in [0.4, 0.5) is 20.5 Å². The lowest BCUT2D eigenvalue weighted by molar-refractivity contribution is 0.0903. The number of nitrogens with zero attached hydrogens (tertiary/aromatic N) is 3. The summed E-state index contributed by atoms with van der Waals surface area (Å²) in [7, 11) is -3.73. The SMILES string of the molecule is CS(=O)(=O)Nc1nc2nc(NC3CCOCC3)ncc2cc1Oc1ccc(F)cc1F. The number of aromatic nitrogens is 3. The Morgan fingerprint density at radius 2 is 1.90 bits per heavy atom. The summed E-state index contributed by atoms with van der Waals surface area (Å²) in [6, 6.07) is 4.36. The number of hydrogen-bond donors (Lipinski definition) is 2. The number of sulfonamides is 1. The van der Waals surface area contributed by atoms with Gasteiger partial charge in [-0.25, -0.2) is 27.2 Å². The van der Waals surface area contributed by atoms with Crippen LogP contribution in [0.15, 0.2) is 30.5 Å². The molecule has 0 amide bonds. The largest absolute Gasteiger partial charge is 0.450 e. The molecule has 3 heterocycles. The molecule has 2 aromatic heterocycles. The Morgan fingerprint density at radius 3 is 2.61 bits per heavy atom. The molecule has 4 rings (SSSR count). The molecule has 1 aromatic carbocycles. The standard InChI is InChI=1S/C19H19F2N5O4S/c1-31(27,28)26-18-16(30-15-3-2-12(20)9-14(15)21)8-11-10-22-19(25-17(11)24-18)23-13-4-6-29-7-5-13/h2-3,8-10,13H,4-7H2,1H3,(H2,22,23,24,25,26). The fourth-order valence-electron chi connectivity index (χ4n) is 3.04. The van der Waals surface area contributed by atoms with E-state index in [4.69, 9.17) is 9.47 Å². The lowest BCUT2D eigenvalue weighted by Crippen LogP contribution is -2.28. The summed E-state index contributed by atoms with van der Waals surface area (Å²) in [5, 5.41) is 3.65. The average Bonchev–Trinajstić information content (AvgIpc) is 2.70. The molecule has 1 fully saturated rings. The van der Waals surface area contributed by atoms with E-state index in [-0.39, 0.29) is 29.0 Å². The normalized spacial score (nSPS) is 15.1. The Balaban J connectivity index is 1.70. The molecule has 9 nitrogen and oxygen atoms in total. The Hall–Kier alpha value is -3.12. The number of anilines is 2. The van der Waals surface area contributed by atoms with Crippen molar-refractivity contribution in [3.05, 3.63) is 42.1 Å². The number of halogens is 2. The molecule has 0 saturated carbocycles. The first-order valence-electron chi connectivity index (χ1n) is 9.39. The minimum Gasteiger partial charge on any atom is -0.450 e. The highest BCUT2D eigenvalue weighted by atomic mass is 32.2. The van der Waals surface area contributed by atoms with E-state index in [0.717, 1.165) is 31.2 Å². The first-order valence-corrected chi connectivity index (χ1v) is 11.3. The summed E-state index contributed by atoms with van der Waals surface area (Å²) in [5.74, 6) is -1.94. The molecule has 2 N–H and O–H groups in total. The predicted molar refractivity (Wildman–Crippen MR) is 110 cm³/mol. The zero-order chi connectivity index (χ0) is 22.0. The summed E-state index contributed by atoms with van der Waals surface area (Å²) < 4.78 is 63.8. The molecule has 0 radical (unpaired) electrons. The van der Waals surface area contributed by atoms with Gasteiger partial charge in [0.25, 0.3) is 0 Å². The van der Waals surface area contributed by atoms with Crippen LogP contribution in [-0.2, 0) is 14.8 Å². The van der Waals surface area contributed by atoms with Crippen molar-refractivity contribution in [3.63, 3.8) is 0 Å². The molecule has 31 heavy (non-hydrogen) atoms. The Kier molecular flexibility index (Phi) is 5.83. The molecular weight excluding hydrogens is 432 g/mol. The maximum atomic E-state index is 14.0. The van der Waals surface area contributed by atoms with Gasteiger partial charge in [-0.05, 0) is 31.0 Å². The minimum absolute atomic E-state index is 0.0860. The lowest BCUT2D eigenvalue weighted by Gasteiger charge is -2.23. The highest BCUT2D eigenvalue weighted by molar-refractivity contribution is 7.92. The van der Waals surface area contributed by atoms with Gasteiger partial charge in [-0.3, -0.25) is 4.72 Å². The average molecular weight is 451 g/mol. The van der Waals surface area contributed by atoms with E-state index in [9.17, 15) is 17.2 Å². The van der Waals surface area contributed by atoms with Crippen LogP contribution >= 0.6 is 0 Å². The van der Waals surface area contributed by atoms with Crippen LogP contribution in [0.25, 0.3) is 11.0 Å². The number of pyridine rings is 1. The lowest BCUT2D eigenvalue weighted by atomic mass is 10.1. The number of benzene rings is 1. The first kappa shape index (κ1) is 21.1. The van der Waals surface area contributed by atoms with E-state index >= 15 is 0 Å². The highest BCUT2D eigenvalue weighted by Gasteiger charge is 2.18. The monoisotopic (exact) mass is 451 g/mol. The Bertz CT molecular complexity index is 1220. The summed E-state index contributed by atoms with van der Waals surface area (Å²) in [5.41, 5.74) is 0.211. The second-order valence-electron chi connectivity index (χ2n) is 7.02. The van der Waals surface area contributed by atoms with Gasteiger partial charge < -0.3 is 14.8 Å². The summed E-state index contributed by atoms with van der Waals surface area (Å²) in [6.45, 7) is 1.29. The van der Waals surface area contributed by atoms with E-state index in [2.05, 4.69) is 25.0 Å². The van der Waals surface area contributed by atoms with Crippen LogP contribution in [0.1, 0.15) is 12.8 Å². The molecular formula is C19H19F2N5O4S. The van der Waals surface area contributed by atoms with Gasteiger partial charge in [0.15, 0.2) is 28.8 Å². The minimum atomic E-state index is -3.73. The third-order valence-electron chi connectivity index (χ3n) is 4.48. The van der Waals surface area contributed by atoms with Crippen LogP contribution in [0.3, 0.4) is 0 Å².